The van der Waals surface area contributed by atoms with E-state index in [1.807, 2.05) is 6.92 Å². The predicted octanol–water partition coefficient (Wildman–Crippen LogP) is 1.15. The molecule has 1 aromatic carbocycles. The molecule has 4 nitrogen and oxygen atoms in total. The van der Waals surface area contributed by atoms with Crippen molar-refractivity contribution in [3.63, 3.8) is 0 Å². The highest BCUT2D eigenvalue weighted by molar-refractivity contribution is 7.88. The van der Waals surface area contributed by atoms with Gasteiger partial charge in [0.05, 0.1) is 5.75 Å². The van der Waals surface area contributed by atoms with Gasteiger partial charge >= 0.3 is 0 Å². The van der Waals surface area contributed by atoms with Crippen LogP contribution in [0.3, 0.4) is 0 Å². The molecule has 0 aromatic heterocycles. The molecule has 17 heavy (non-hydrogen) atoms. The Hall–Kier alpha value is -0.980. The van der Waals surface area contributed by atoms with Gasteiger partial charge in [-0.15, -0.1) is 0 Å². The van der Waals surface area contributed by atoms with Crippen LogP contribution >= 0.6 is 12.2 Å². The zero-order valence-electron chi connectivity index (χ0n) is 9.64. The van der Waals surface area contributed by atoms with Crippen molar-refractivity contribution in [3.8, 4) is 0 Å². The average molecular weight is 272 g/mol. The summed E-state index contributed by atoms with van der Waals surface area (Å²) in [4.78, 5) is 0.269. The maximum Gasteiger partial charge on any atom is 0.215 e. The zero-order valence-corrected chi connectivity index (χ0v) is 11.3. The summed E-state index contributed by atoms with van der Waals surface area (Å²) in [5, 5.41) is 0. The van der Waals surface area contributed by atoms with Crippen molar-refractivity contribution < 1.29 is 8.42 Å². The fourth-order valence-electron chi connectivity index (χ4n) is 1.34. The largest absolute Gasteiger partial charge is 0.389 e. The van der Waals surface area contributed by atoms with Crippen LogP contribution in [0.2, 0.25) is 0 Å². The molecule has 1 aromatic rings. The molecule has 94 valence electrons. The zero-order chi connectivity index (χ0) is 12.9. The summed E-state index contributed by atoms with van der Waals surface area (Å²) < 4.78 is 25.8. The van der Waals surface area contributed by atoms with E-state index in [0.717, 1.165) is 6.42 Å². The van der Waals surface area contributed by atoms with E-state index in [0.29, 0.717) is 17.7 Å². The Kier molecular flexibility index (Phi) is 5.04. The van der Waals surface area contributed by atoms with Crippen LogP contribution in [0.5, 0.6) is 0 Å². The highest BCUT2D eigenvalue weighted by Gasteiger charge is 2.10. The fraction of sp³-hybridized carbons (Fsp3) is 0.364. The van der Waals surface area contributed by atoms with E-state index in [1.165, 1.54) is 0 Å². The first-order valence-electron chi connectivity index (χ1n) is 5.30. The molecule has 1 rings (SSSR count). The molecule has 0 unspecified atom stereocenters. The number of nitrogens with one attached hydrogen (secondary N) is 1. The number of sulfonamides is 1. The number of benzene rings is 1. The Balaban J connectivity index is 2.81. The van der Waals surface area contributed by atoms with Gasteiger partial charge in [-0.1, -0.05) is 37.3 Å². The lowest BCUT2D eigenvalue weighted by Crippen LogP contribution is -2.25. The van der Waals surface area contributed by atoms with Crippen LogP contribution in [-0.2, 0) is 15.8 Å². The summed E-state index contributed by atoms with van der Waals surface area (Å²) in [5.74, 6) is -0.0521. The Morgan fingerprint density at radius 3 is 2.76 bits per heavy atom. The first-order valence-corrected chi connectivity index (χ1v) is 7.37. The lowest BCUT2D eigenvalue weighted by Gasteiger charge is -2.06. The molecule has 0 saturated carbocycles. The molecule has 0 radical (unpaired) electrons. The highest BCUT2D eigenvalue weighted by Crippen LogP contribution is 2.08. The minimum Gasteiger partial charge on any atom is -0.389 e. The van der Waals surface area contributed by atoms with Crippen LogP contribution in [0, 0.1) is 0 Å². The number of thiocarbonyl (C=S) groups is 1. The van der Waals surface area contributed by atoms with E-state index in [-0.39, 0.29) is 10.7 Å². The third-order valence-electron chi connectivity index (χ3n) is 2.14. The lowest BCUT2D eigenvalue weighted by atomic mass is 10.1. The minimum atomic E-state index is -3.27. The van der Waals surface area contributed by atoms with Gasteiger partial charge in [0.1, 0.15) is 4.99 Å². The number of nitrogens with two attached hydrogens (primary N) is 1. The van der Waals surface area contributed by atoms with Crippen LogP contribution in [0.4, 0.5) is 0 Å². The smallest absolute Gasteiger partial charge is 0.215 e. The summed E-state index contributed by atoms with van der Waals surface area (Å²) in [5.41, 5.74) is 6.86. The van der Waals surface area contributed by atoms with Gasteiger partial charge in [-0.05, 0) is 18.1 Å². The summed E-state index contributed by atoms with van der Waals surface area (Å²) >= 11 is 4.85. The Bertz CT molecular complexity index is 498. The Morgan fingerprint density at radius 1 is 1.47 bits per heavy atom. The normalized spacial score (nSPS) is 11.4. The van der Waals surface area contributed by atoms with Crippen LogP contribution in [0.1, 0.15) is 24.5 Å². The van der Waals surface area contributed by atoms with E-state index in [2.05, 4.69) is 4.72 Å². The van der Waals surface area contributed by atoms with E-state index in [4.69, 9.17) is 18.0 Å². The first-order chi connectivity index (χ1) is 7.94. The van der Waals surface area contributed by atoms with Gasteiger partial charge < -0.3 is 5.73 Å². The molecule has 0 aliphatic carbocycles. The lowest BCUT2D eigenvalue weighted by molar-refractivity contribution is 0.580. The van der Waals surface area contributed by atoms with Crippen LogP contribution in [0.25, 0.3) is 0 Å². The van der Waals surface area contributed by atoms with E-state index in [1.54, 1.807) is 24.3 Å². The third kappa shape index (κ3) is 4.80. The van der Waals surface area contributed by atoms with E-state index in [9.17, 15) is 8.42 Å². The molecule has 0 bridgehead atoms. The number of rotatable bonds is 6. The fourth-order valence-corrected chi connectivity index (χ4v) is 2.70. The summed E-state index contributed by atoms with van der Waals surface area (Å²) in [7, 11) is -3.27. The first kappa shape index (κ1) is 14.1. The molecule has 6 heteroatoms. The maximum absolute atomic E-state index is 11.7. The van der Waals surface area contributed by atoms with Crippen LogP contribution < -0.4 is 10.5 Å². The van der Waals surface area contributed by atoms with Gasteiger partial charge in [-0.2, -0.15) is 0 Å². The third-order valence-corrected chi connectivity index (χ3v) is 3.73. The van der Waals surface area contributed by atoms with E-state index >= 15 is 0 Å². The standard InChI is InChI=1S/C11H16N2O2S2/c1-2-6-13-17(14,15)8-9-4-3-5-10(7-9)11(12)16/h3-5,7,13H,2,6,8H2,1H3,(H2,12,16). The molecule has 0 fully saturated rings. The number of hydrogen-bond donors (Lipinski definition) is 2. The second-order valence-corrected chi connectivity index (χ2v) is 5.96. The van der Waals surface area contributed by atoms with Crippen molar-refractivity contribution in [1.29, 1.82) is 0 Å². The Labute approximate surface area is 107 Å². The second-order valence-electron chi connectivity index (χ2n) is 3.72. The molecule has 0 atom stereocenters. The van der Waals surface area contributed by atoms with Crippen molar-refractivity contribution in [3.05, 3.63) is 35.4 Å². The van der Waals surface area contributed by atoms with Crippen LogP contribution in [-0.4, -0.2) is 20.0 Å². The minimum absolute atomic E-state index is 0.0521. The molecule has 0 saturated heterocycles. The van der Waals surface area contributed by atoms with Gasteiger partial charge in [-0.25, -0.2) is 13.1 Å². The SMILES string of the molecule is CCCNS(=O)(=O)Cc1cccc(C(N)=S)c1. The van der Waals surface area contributed by atoms with Crippen molar-refractivity contribution in [2.24, 2.45) is 5.73 Å². The molecule has 0 aliphatic rings. The van der Waals surface area contributed by atoms with Gasteiger partial charge in [0.2, 0.25) is 10.0 Å². The number of hydrogen-bond acceptors (Lipinski definition) is 3. The molecule has 0 aliphatic heterocycles. The topological polar surface area (TPSA) is 72.2 Å². The van der Waals surface area contributed by atoms with Crippen LogP contribution in [0.15, 0.2) is 24.3 Å². The summed E-state index contributed by atoms with van der Waals surface area (Å²) in [6.07, 6.45) is 0.770. The van der Waals surface area contributed by atoms with Gasteiger partial charge in [-0.3, -0.25) is 0 Å². The molecule has 3 N–H and O–H groups in total. The summed E-state index contributed by atoms with van der Waals surface area (Å²) in [6.45, 7) is 2.37. The molecule has 0 amide bonds. The van der Waals surface area contributed by atoms with Crippen molar-refractivity contribution >= 4 is 27.2 Å². The maximum atomic E-state index is 11.7. The second kappa shape index (κ2) is 6.09. The predicted molar refractivity (Wildman–Crippen MR) is 73.2 cm³/mol. The van der Waals surface area contributed by atoms with Crippen molar-refractivity contribution in [1.82, 2.24) is 4.72 Å². The average Bonchev–Trinajstić information content (AvgIpc) is 2.26. The van der Waals surface area contributed by atoms with Gasteiger partial charge in [0.25, 0.3) is 0 Å². The van der Waals surface area contributed by atoms with Crippen molar-refractivity contribution in [2.45, 2.75) is 19.1 Å². The van der Waals surface area contributed by atoms with Gasteiger partial charge in [0, 0.05) is 12.1 Å². The summed E-state index contributed by atoms with van der Waals surface area (Å²) in [6, 6.07) is 6.96. The molecular weight excluding hydrogens is 256 g/mol. The molecule has 0 heterocycles. The monoisotopic (exact) mass is 272 g/mol. The Morgan fingerprint density at radius 2 is 2.18 bits per heavy atom. The van der Waals surface area contributed by atoms with E-state index < -0.39 is 10.0 Å². The highest BCUT2D eigenvalue weighted by atomic mass is 32.2. The molecular formula is C11H16N2O2S2. The van der Waals surface area contributed by atoms with Gasteiger partial charge in [0.15, 0.2) is 0 Å². The molecule has 0 spiro atoms. The van der Waals surface area contributed by atoms with Crippen molar-refractivity contribution in [2.75, 3.05) is 6.54 Å². The quantitative estimate of drug-likeness (QED) is 0.762.